The van der Waals surface area contributed by atoms with Crippen molar-refractivity contribution in [2.24, 2.45) is 0 Å². The van der Waals surface area contributed by atoms with Crippen LogP contribution < -0.4 is 15.4 Å². The summed E-state index contributed by atoms with van der Waals surface area (Å²) in [5.41, 5.74) is 4.62. The molecule has 0 bridgehead atoms. The molecular weight excluding hydrogens is 380 g/mol. The molecule has 0 spiro atoms. The van der Waals surface area contributed by atoms with Gasteiger partial charge in [-0.25, -0.2) is 0 Å². The van der Waals surface area contributed by atoms with Gasteiger partial charge in [-0.1, -0.05) is 24.3 Å². The van der Waals surface area contributed by atoms with Crippen LogP contribution in [0.1, 0.15) is 36.6 Å². The second-order valence-corrected chi connectivity index (χ2v) is 7.19. The van der Waals surface area contributed by atoms with Crippen LogP contribution in [0.25, 0.3) is 0 Å². The number of aryl methyl sites for hydroxylation is 1. The molecule has 1 aromatic heterocycles. The number of phenolic OH excluding ortho intramolecular Hbond substituents is 1. The van der Waals surface area contributed by atoms with Crippen LogP contribution in [0.4, 0.5) is 11.5 Å². The smallest absolute Gasteiger partial charge is 0.254 e. The van der Waals surface area contributed by atoms with Gasteiger partial charge >= 0.3 is 0 Å². The van der Waals surface area contributed by atoms with Gasteiger partial charge in [-0.2, -0.15) is 5.10 Å². The summed E-state index contributed by atoms with van der Waals surface area (Å²) >= 11 is 0. The number of aromatic amines is 1. The van der Waals surface area contributed by atoms with Gasteiger partial charge in [0.05, 0.1) is 6.61 Å². The van der Waals surface area contributed by atoms with Crippen LogP contribution in [0.3, 0.4) is 0 Å². The third kappa shape index (κ3) is 3.50. The van der Waals surface area contributed by atoms with Crippen molar-refractivity contribution in [1.82, 2.24) is 10.2 Å². The summed E-state index contributed by atoms with van der Waals surface area (Å²) in [5, 5.41) is 23.7. The Balaban J connectivity index is 1.82. The van der Waals surface area contributed by atoms with Crippen LogP contribution >= 0.6 is 0 Å². The fraction of sp³-hybridized carbons (Fsp3) is 0.217. The SMILES string of the molecule is CCOc1cc(C2C(C(=O)Nc3ccccc3)=C(C)Nc3n[nH]c(C)c32)ccc1O. The minimum Gasteiger partial charge on any atom is -0.504 e. The highest BCUT2D eigenvalue weighted by atomic mass is 16.5. The van der Waals surface area contributed by atoms with E-state index in [2.05, 4.69) is 20.8 Å². The number of rotatable bonds is 5. The molecule has 30 heavy (non-hydrogen) atoms. The molecule has 2 aromatic carbocycles. The number of aromatic hydroxyl groups is 1. The van der Waals surface area contributed by atoms with E-state index in [-0.39, 0.29) is 17.6 Å². The molecule has 1 amide bonds. The second-order valence-electron chi connectivity index (χ2n) is 7.19. The molecule has 4 rings (SSSR count). The van der Waals surface area contributed by atoms with Crippen molar-refractivity contribution in [1.29, 1.82) is 0 Å². The van der Waals surface area contributed by atoms with Crippen LogP contribution in [0.15, 0.2) is 59.8 Å². The van der Waals surface area contributed by atoms with Crippen LogP contribution in [0, 0.1) is 6.92 Å². The Hall–Kier alpha value is -3.74. The number of allylic oxidation sites excluding steroid dienone is 1. The standard InChI is InChI=1S/C23H24N4O3/c1-4-30-18-12-15(10-11-17(18)28)21-19-14(3)26-27-22(19)24-13(2)20(21)23(29)25-16-8-6-5-7-9-16/h5-12,21,28H,4H2,1-3H3,(H,25,29)(H2,24,26,27). The molecule has 4 N–H and O–H groups in total. The molecule has 154 valence electrons. The largest absolute Gasteiger partial charge is 0.504 e. The maximum absolute atomic E-state index is 13.4. The Kier molecular flexibility index (Phi) is 5.18. The van der Waals surface area contributed by atoms with E-state index >= 15 is 0 Å². The average molecular weight is 404 g/mol. The van der Waals surface area contributed by atoms with E-state index in [9.17, 15) is 9.90 Å². The fourth-order valence-electron chi connectivity index (χ4n) is 3.83. The van der Waals surface area contributed by atoms with Crippen molar-refractivity contribution in [3.05, 3.63) is 76.6 Å². The molecule has 0 fully saturated rings. The van der Waals surface area contributed by atoms with E-state index in [0.717, 1.165) is 28.2 Å². The fourth-order valence-corrected chi connectivity index (χ4v) is 3.83. The predicted octanol–water partition coefficient (Wildman–Crippen LogP) is 4.29. The number of anilines is 2. The highest BCUT2D eigenvalue weighted by Crippen LogP contribution is 2.44. The number of fused-ring (bicyclic) bond motifs is 1. The minimum atomic E-state index is -0.372. The molecule has 2 heterocycles. The number of nitrogens with zero attached hydrogens (tertiary/aromatic N) is 1. The Labute approximate surface area is 174 Å². The van der Waals surface area contributed by atoms with Crippen molar-refractivity contribution in [2.45, 2.75) is 26.7 Å². The number of amides is 1. The van der Waals surface area contributed by atoms with Crippen molar-refractivity contribution in [3.63, 3.8) is 0 Å². The number of benzene rings is 2. The topological polar surface area (TPSA) is 99.3 Å². The van der Waals surface area contributed by atoms with Gasteiger partial charge in [0.2, 0.25) is 0 Å². The number of carbonyl (C=O) groups excluding carboxylic acids is 1. The second kappa shape index (κ2) is 7.94. The number of H-pyrrole nitrogens is 1. The first kappa shape index (κ1) is 19.6. The first-order valence-corrected chi connectivity index (χ1v) is 9.84. The number of ether oxygens (including phenoxy) is 1. The monoisotopic (exact) mass is 404 g/mol. The number of nitrogens with one attached hydrogen (secondary N) is 3. The van der Waals surface area contributed by atoms with Gasteiger partial charge in [-0.3, -0.25) is 9.89 Å². The lowest BCUT2D eigenvalue weighted by Gasteiger charge is -2.28. The molecule has 1 aliphatic rings. The highest BCUT2D eigenvalue weighted by Gasteiger charge is 2.35. The zero-order valence-corrected chi connectivity index (χ0v) is 17.1. The van der Waals surface area contributed by atoms with Crippen molar-refractivity contribution < 1.29 is 14.6 Å². The first-order valence-electron chi connectivity index (χ1n) is 9.84. The van der Waals surface area contributed by atoms with Crippen LogP contribution in [-0.2, 0) is 4.79 Å². The molecule has 7 heteroatoms. The van der Waals surface area contributed by atoms with Gasteiger partial charge in [-0.05, 0) is 50.6 Å². The Morgan fingerprint density at radius 1 is 1.20 bits per heavy atom. The predicted molar refractivity (Wildman–Crippen MR) is 116 cm³/mol. The maximum Gasteiger partial charge on any atom is 0.254 e. The first-order chi connectivity index (χ1) is 14.5. The molecule has 1 aliphatic heterocycles. The van der Waals surface area contributed by atoms with Crippen LogP contribution in [0.2, 0.25) is 0 Å². The lowest BCUT2D eigenvalue weighted by atomic mass is 9.81. The number of carbonyl (C=O) groups is 1. The Morgan fingerprint density at radius 3 is 2.70 bits per heavy atom. The quantitative estimate of drug-likeness (QED) is 0.508. The molecule has 7 nitrogen and oxygen atoms in total. The van der Waals surface area contributed by atoms with Gasteiger partial charge < -0.3 is 20.5 Å². The summed E-state index contributed by atoms with van der Waals surface area (Å²) in [5.74, 6) is 0.570. The van der Waals surface area contributed by atoms with Crippen molar-refractivity contribution in [2.75, 3.05) is 17.2 Å². The third-order valence-electron chi connectivity index (χ3n) is 5.18. The Morgan fingerprint density at radius 2 is 1.97 bits per heavy atom. The van der Waals surface area contributed by atoms with Gasteiger partial charge in [0.25, 0.3) is 5.91 Å². The Bertz CT molecular complexity index is 1120. The summed E-state index contributed by atoms with van der Waals surface area (Å²) < 4.78 is 5.58. The summed E-state index contributed by atoms with van der Waals surface area (Å²) in [6.45, 7) is 6.08. The van der Waals surface area contributed by atoms with E-state index in [0.29, 0.717) is 23.7 Å². The number of aromatic nitrogens is 2. The van der Waals surface area contributed by atoms with Gasteiger partial charge in [0.15, 0.2) is 17.3 Å². The normalized spacial score (nSPS) is 15.4. The molecule has 0 aliphatic carbocycles. The lowest BCUT2D eigenvalue weighted by Crippen LogP contribution is -2.27. The van der Waals surface area contributed by atoms with Crippen LogP contribution in [0.5, 0.6) is 11.5 Å². The maximum atomic E-state index is 13.4. The van der Waals surface area contributed by atoms with Crippen molar-refractivity contribution in [3.8, 4) is 11.5 Å². The lowest BCUT2D eigenvalue weighted by molar-refractivity contribution is -0.113. The minimum absolute atomic E-state index is 0.0645. The summed E-state index contributed by atoms with van der Waals surface area (Å²) in [6.07, 6.45) is 0. The number of hydrogen-bond acceptors (Lipinski definition) is 5. The van der Waals surface area contributed by atoms with E-state index in [1.165, 1.54) is 0 Å². The number of hydrogen-bond donors (Lipinski definition) is 4. The molecule has 3 aromatic rings. The molecule has 0 saturated heterocycles. The van der Waals surface area contributed by atoms with E-state index in [1.54, 1.807) is 12.1 Å². The zero-order chi connectivity index (χ0) is 21.3. The molecule has 1 unspecified atom stereocenters. The highest BCUT2D eigenvalue weighted by molar-refractivity contribution is 6.07. The molecule has 0 saturated carbocycles. The third-order valence-corrected chi connectivity index (χ3v) is 5.18. The molecular formula is C23H24N4O3. The van der Waals surface area contributed by atoms with E-state index in [1.807, 2.05) is 57.2 Å². The number of para-hydroxylation sites is 1. The molecule has 0 radical (unpaired) electrons. The average Bonchev–Trinajstić information content (AvgIpc) is 3.09. The van der Waals surface area contributed by atoms with Gasteiger partial charge in [0.1, 0.15) is 0 Å². The van der Waals surface area contributed by atoms with Crippen molar-refractivity contribution >= 4 is 17.4 Å². The summed E-state index contributed by atoms with van der Waals surface area (Å²) in [4.78, 5) is 13.4. The zero-order valence-electron chi connectivity index (χ0n) is 17.1. The van der Waals surface area contributed by atoms with E-state index < -0.39 is 0 Å². The van der Waals surface area contributed by atoms with Gasteiger partial charge in [-0.15, -0.1) is 0 Å². The van der Waals surface area contributed by atoms with Crippen LogP contribution in [-0.4, -0.2) is 27.8 Å². The number of phenols is 1. The van der Waals surface area contributed by atoms with Gasteiger partial charge in [0, 0.05) is 34.1 Å². The molecule has 1 atom stereocenters. The summed E-state index contributed by atoms with van der Waals surface area (Å²) in [6, 6.07) is 14.5. The summed E-state index contributed by atoms with van der Waals surface area (Å²) in [7, 11) is 0. The van der Waals surface area contributed by atoms with E-state index in [4.69, 9.17) is 4.74 Å².